The van der Waals surface area contributed by atoms with Crippen LogP contribution in [0.25, 0.3) is 29.1 Å². The summed E-state index contributed by atoms with van der Waals surface area (Å²) < 4.78 is 10.8. The summed E-state index contributed by atoms with van der Waals surface area (Å²) >= 11 is 0. The number of ether oxygens (including phenoxy) is 2. The first kappa shape index (κ1) is 37.5. The van der Waals surface area contributed by atoms with Crippen molar-refractivity contribution in [3.63, 3.8) is 0 Å². The van der Waals surface area contributed by atoms with E-state index in [9.17, 15) is 14.7 Å². The number of aliphatic hydroxyl groups excluding tert-OH is 1. The van der Waals surface area contributed by atoms with Crippen LogP contribution in [-0.4, -0.2) is 53.8 Å². The van der Waals surface area contributed by atoms with Gasteiger partial charge in [0.15, 0.2) is 0 Å². The fourth-order valence-electron chi connectivity index (χ4n) is 7.71. The number of allylic oxidation sites excluding steroid dienone is 3. The SMILES string of the molecule is CCc1c2[n-]c(c1C)/C=C1\[N-]/C(=C3\c4[n-]c(c(C)c4[C@@H](O)[C@@H]3C(=O)OC)/C=c3\[n-]/c(c(C)c3CC)=C\2)[C@@H](CCC(=O)OCC=C(C)C)[C@@H]1C.[Mg+2]. The van der Waals surface area contributed by atoms with Crippen molar-refractivity contribution >= 4 is 58.8 Å². The largest absolute Gasteiger partial charge is 2.00 e. The molecule has 3 aromatic heterocycles. The Kier molecular flexibility index (Phi) is 11.1. The Hall–Kier alpha value is -3.73. The summed E-state index contributed by atoms with van der Waals surface area (Å²) in [6, 6.07) is 0. The maximum Gasteiger partial charge on any atom is 2.00 e. The topological polar surface area (TPSA) is 129 Å². The third-order valence-corrected chi connectivity index (χ3v) is 10.6. The first-order chi connectivity index (χ1) is 23.4. The van der Waals surface area contributed by atoms with E-state index in [1.54, 1.807) is 0 Å². The second-order valence-corrected chi connectivity index (χ2v) is 13.7. The van der Waals surface area contributed by atoms with Crippen molar-refractivity contribution in [3.8, 4) is 0 Å². The third-order valence-electron chi connectivity index (χ3n) is 10.6. The molecule has 50 heavy (non-hydrogen) atoms. The van der Waals surface area contributed by atoms with Crippen molar-refractivity contribution in [3.05, 3.63) is 95.2 Å². The summed E-state index contributed by atoms with van der Waals surface area (Å²) in [5.74, 6) is -2.23. The van der Waals surface area contributed by atoms with Gasteiger partial charge < -0.3 is 34.8 Å². The molecule has 1 fully saturated rings. The standard InChI is InChI=1S/C40H46N4O5.Mg/c1-10-24-20(5)27-16-29-22(7)26(12-13-33(45)49-15-14-19(3)4)37(43-29)35-36(40(47)48-9)39(46)34-23(8)30(44-38(34)35)18-32-25(11-2)21(6)28(42-32)17-31(24)41-27;/h14,16-18,22,26,36,39,46H,10-13,15H2,1-9H3;/q-4;+2/b28-17-,29-16-,32-18-,37-35-;/t22-,26-,36+,39+;/m0./s1. The van der Waals surface area contributed by atoms with Crippen molar-refractivity contribution < 1.29 is 24.2 Å². The molecule has 1 saturated heterocycles. The van der Waals surface area contributed by atoms with Crippen LogP contribution in [0.4, 0.5) is 0 Å². The number of carbonyl (C=O) groups excluding carboxylic acids is 2. The van der Waals surface area contributed by atoms with Crippen molar-refractivity contribution in [2.45, 2.75) is 87.2 Å². The Morgan fingerprint density at radius 3 is 2.24 bits per heavy atom. The molecule has 0 amide bonds. The zero-order valence-corrected chi connectivity index (χ0v) is 32.1. The quantitative estimate of drug-likeness (QED) is 0.205. The second-order valence-electron chi connectivity index (χ2n) is 13.7. The van der Waals surface area contributed by atoms with Crippen LogP contribution in [0.5, 0.6) is 0 Å². The van der Waals surface area contributed by atoms with Crippen LogP contribution < -0.4 is 25.7 Å². The van der Waals surface area contributed by atoms with Crippen LogP contribution >= 0.6 is 0 Å². The van der Waals surface area contributed by atoms with Gasteiger partial charge in [-0.3, -0.25) is 9.59 Å². The van der Waals surface area contributed by atoms with E-state index in [-0.39, 0.29) is 53.9 Å². The van der Waals surface area contributed by atoms with Gasteiger partial charge in [0.2, 0.25) is 0 Å². The minimum absolute atomic E-state index is 0. The number of nitrogens with zero attached hydrogens (tertiary/aromatic N) is 4. The monoisotopic (exact) mass is 686 g/mol. The number of hydrogen-bond donors (Lipinski definition) is 1. The number of aromatic nitrogens is 3. The van der Waals surface area contributed by atoms with Crippen molar-refractivity contribution in [2.24, 2.45) is 17.8 Å². The molecule has 1 aliphatic carbocycles. The molecular weight excluding hydrogens is 641 g/mol. The number of aliphatic hydroxyl groups is 1. The normalized spacial score (nSPS) is 24.2. The van der Waals surface area contributed by atoms with Crippen LogP contribution in [0, 0.1) is 38.5 Å². The Labute approximate surface area is 310 Å². The minimum Gasteiger partial charge on any atom is -0.664 e. The summed E-state index contributed by atoms with van der Waals surface area (Å²) in [6.07, 6.45) is 9.04. The molecule has 0 spiro atoms. The Morgan fingerprint density at radius 2 is 1.58 bits per heavy atom. The predicted octanol–water partition coefficient (Wildman–Crippen LogP) is 4.72. The van der Waals surface area contributed by atoms with Crippen LogP contribution in [-0.2, 0) is 31.9 Å². The van der Waals surface area contributed by atoms with Gasteiger partial charge in [-0.05, 0) is 77.4 Å². The van der Waals surface area contributed by atoms with E-state index >= 15 is 0 Å². The maximum absolute atomic E-state index is 13.4. The van der Waals surface area contributed by atoms with E-state index in [2.05, 4.69) is 40.7 Å². The Balaban J connectivity index is 0.00000486. The molecule has 5 heterocycles. The van der Waals surface area contributed by atoms with Gasteiger partial charge in [0.05, 0.1) is 13.2 Å². The molecule has 4 atom stereocenters. The van der Waals surface area contributed by atoms with Crippen LogP contribution in [0.15, 0.2) is 23.0 Å². The molecule has 3 aliphatic rings. The van der Waals surface area contributed by atoms with Crippen LogP contribution in [0.2, 0.25) is 0 Å². The van der Waals surface area contributed by atoms with E-state index in [0.717, 1.165) is 74.0 Å². The first-order valence-electron chi connectivity index (χ1n) is 17.3. The summed E-state index contributed by atoms with van der Waals surface area (Å²) in [4.78, 5) is 41.6. The first-order valence-corrected chi connectivity index (χ1v) is 17.3. The van der Waals surface area contributed by atoms with E-state index < -0.39 is 18.0 Å². The van der Waals surface area contributed by atoms with E-state index in [1.165, 1.54) is 7.11 Å². The molecule has 10 heteroatoms. The molecule has 1 N–H and O–H groups in total. The molecular formula is C40H46MgN4O5-2. The van der Waals surface area contributed by atoms with Crippen molar-refractivity contribution in [1.29, 1.82) is 0 Å². The van der Waals surface area contributed by atoms with Crippen LogP contribution in [0.3, 0.4) is 0 Å². The molecule has 0 saturated carbocycles. The number of hydrogen-bond acceptors (Lipinski definition) is 5. The molecule has 0 radical (unpaired) electrons. The average Bonchev–Trinajstić information content (AvgIpc) is 3.80. The smallest absolute Gasteiger partial charge is 0.664 e. The van der Waals surface area contributed by atoms with Gasteiger partial charge in [-0.1, -0.05) is 78.0 Å². The zero-order chi connectivity index (χ0) is 35.3. The van der Waals surface area contributed by atoms with E-state index in [1.807, 2.05) is 39.0 Å². The number of rotatable bonds is 8. The fourth-order valence-corrected chi connectivity index (χ4v) is 7.71. The van der Waals surface area contributed by atoms with Gasteiger partial charge in [-0.15, -0.1) is 33.5 Å². The van der Waals surface area contributed by atoms with Gasteiger partial charge in [0.25, 0.3) is 0 Å². The third kappa shape index (κ3) is 6.46. The summed E-state index contributed by atoms with van der Waals surface area (Å²) in [5, 5.41) is 18.7. The second kappa shape index (κ2) is 14.9. The number of carbonyl (C=O) groups is 2. The summed E-state index contributed by atoms with van der Waals surface area (Å²) in [6.45, 7) is 16.6. The van der Waals surface area contributed by atoms with Gasteiger partial charge >= 0.3 is 35.0 Å². The molecule has 9 nitrogen and oxygen atoms in total. The average molecular weight is 687 g/mol. The summed E-state index contributed by atoms with van der Waals surface area (Å²) in [5.41, 5.74) is 11.9. The van der Waals surface area contributed by atoms with Gasteiger partial charge in [0.1, 0.15) is 12.5 Å². The number of fused-ring (bicyclic) bond motifs is 7. The van der Waals surface area contributed by atoms with Crippen molar-refractivity contribution in [1.82, 2.24) is 15.0 Å². The molecule has 2 aliphatic heterocycles. The zero-order valence-electron chi connectivity index (χ0n) is 30.7. The van der Waals surface area contributed by atoms with Gasteiger partial charge in [-0.25, -0.2) is 0 Å². The molecule has 0 aromatic carbocycles. The fraction of sp³-hybridized carbons (Fsp3) is 0.450. The Morgan fingerprint density at radius 1 is 0.900 bits per heavy atom. The van der Waals surface area contributed by atoms with Gasteiger partial charge in [-0.2, -0.15) is 11.4 Å². The number of esters is 2. The molecule has 260 valence electrons. The molecule has 3 aromatic rings. The molecule has 0 unspecified atom stereocenters. The minimum atomic E-state index is -1.16. The van der Waals surface area contributed by atoms with Crippen LogP contribution in [0.1, 0.15) is 110 Å². The molecule has 6 rings (SSSR count). The van der Waals surface area contributed by atoms with E-state index in [0.29, 0.717) is 34.6 Å². The predicted molar refractivity (Wildman–Crippen MR) is 195 cm³/mol. The van der Waals surface area contributed by atoms with Gasteiger partial charge in [0, 0.05) is 6.42 Å². The Bertz CT molecular complexity index is 2050. The molecule has 8 bridgehead atoms. The maximum atomic E-state index is 13.4. The van der Waals surface area contributed by atoms with Crippen molar-refractivity contribution in [2.75, 3.05) is 13.7 Å². The summed E-state index contributed by atoms with van der Waals surface area (Å²) in [7, 11) is 1.33. The van der Waals surface area contributed by atoms with E-state index in [4.69, 9.17) is 29.7 Å². The number of methoxy groups -OCH3 is 1.